The highest BCUT2D eigenvalue weighted by Crippen LogP contribution is 2.39. The predicted molar refractivity (Wildman–Crippen MR) is 140 cm³/mol. The molecule has 0 radical (unpaired) electrons. The van der Waals surface area contributed by atoms with Gasteiger partial charge in [-0.15, -0.1) is 10.2 Å². The summed E-state index contributed by atoms with van der Waals surface area (Å²) in [6.45, 7) is 4.08. The molecule has 4 heterocycles. The fourth-order valence-electron chi connectivity index (χ4n) is 5.75. The molecular formula is C27H27N5O3S. The number of nitrogens with zero attached hydrogens (tertiary/aromatic N) is 4. The Morgan fingerprint density at radius 3 is 2.56 bits per heavy atom. The Morgan fingerprint density at radius 2 is 1.75 bits per heavy atom. The van der Waals surface area contributed by atoms with Gasteiger partial charge in [-0.25, -0.2) is 13.1 Å². The van der Waals surface area contributed by atoms with E-state index in [1.165, 1.54) is 7.05 Å². The number of anilines is 1. The minimum Gasteiger partial charge on any atom is -0.354 e. The van der Waals surface area contributed by atoms with Crippen LogP contribution in [0, 0.1) is 12.8 Å². The van der Waals surface area contributed by atoms with Crippen molar-refractivity contribution in [3.63, 3.8) is 0 Å². The summed E-state index contributed by atoms with van der Waals surface area (Å²) in [5.41, 5.74) is 3.18. The lowest BCUT2D eigenvalue weighted by Crippen LogP contribution is -2.47. The molecule has 0 amide bonds. The van der Waals surface area contributed by atoms with Gasteiger partial charge in [0.05, 0.1) is 4.90 Å². The van der Waals surface area contributed by atoms with Crippen molar-refractivity contribution in [2.75, 3.05) is 25.0 Å². The summed E-state index contributed by atoms with van der Waals surface area (Å²) < 4.78 is 29.4. The molecule has 8 nitrogen and oxygen atoms in total. The number of fused-ring (bicyclic) bond motifs is 5. The van der Waals surface area contributed by atoms with Crippen LogP contribution in [0.2, 0.25) is 0 Å². The van der Waals surface area contributed by atoms with Gasteiger partial charge < -0.3 is 9.47 Å². The Morgan fingerprint density at radius 1 is 0.944 bits per heavy atom. The van der Waals surface area contributed by atoms with Crippen LogP contribution in [0.5, 0.6) is 0 Å². The van der Waals surface area contributed by atoms with Crippen LogP contribution in [-0.2, 0) is 16.6 Å². The highest BCUT2D eigenvalue weighted by atomic mass is 32.2. The van der Waals surface area contributed by atoms with Crippen LogP contribution in [0.4, 0.5) is 5.82 Å². The van der Waals surface area contributed by atoms with E-state index in [9.17, 15) is 13.2 Å². The van der Waals surface area contributed by atoms with Crippen molar-refractivity contribution in [1.82, 2.24) is 19.5 Å². The van der Waals surface area contributed by atoms with E-state index in [1.807, 2.05) is 41.0 Å². The smallest absolute Gasteiger partial charge is 0.250 e. The second-order valence-electron chi connectivity index (χ2n) is 9.71. The number of pyridine rings is 1. The Bertz CT molecular complexity index is 1660. The maximum Gasteiger partial charge on any atom is 0.250 e. The Kier molecular flexibility index (Phi) is 5.42. The van der Waals surface area contributed by atoms with Crippen LogP contribution in [0.25, 0.3) is 22.0 Å². The van der Waals surface area contributed by atoms with Gasteiger partial charge in [0.25, 0.3) is 5.56 Å². The van der Waals surface area contributed by atoms with Crippen LogP contribution < -0.4 is 15.2 Å². The van der Waals surface area contributed by atoms with Crippen LogP contribution in [0.3, 0.4) is 0 Å². The largest absolute Gasteiger partial charge is 0.354 e. The molecule has 9 heteroatoms. The monoisotopic (exact) mass is 501 g/mol. The molecule has 184 valence electrons. The molecule has 2 bridgehead atoms. The molecular weight excluding hydrogens is 474 g/mol. The second kappa shape index (κ2) is 8.53. The fraction of sp³-hybridized carbons (Fsp3) is 0.296. The average molecular weight is 502 g/mol. The van der Waals surface area contributed by atoms with Gasteiger partial charge in [0, 0.05) is 53.6 Å². The number of aromatic nitrogens is 3. The minimum absolute atomic E-state index is 0.0722. The molecule has 2 aromatic heterocycles. The van der Waals surface area contributed by atoms with Crippen LogP contribution >= 0.6 is 0 Å². The third-order valence-electron chi connectivity index (χ3n) is 7.47. The first-order valence-corrected chi connectivity index (χ1v) is 13.6. The number of hydrogen-bond acceptors (Lipinski definition) is 6. The van der Waals surface area contributed by atoms with Gasteiger partial charge in [-0.05, 0) is 44.0 Å². The van der Waals surface area contributed by atoms with Gasteiger partial charge in [0.1, 0.15) is 5.69 Å². The molecule has 2 aliphatic rings. The zero-order chi connectivity index (χ0) is 25.0. The highest BCUT2D eigenvalue weighted by molar-refractivity contribution is 7.89. The molecule has 0 unspecified atom stereocenters. The number of piperidine rings is 1. The van der Waals surface area contributed by atoms with Gasteiger partial charge in [0.2, 0.25) is 10.0 Å². The Balaban J connectivity index is 1.43. The minimum atomic E-state index is -3.60. The van der Waals surface area contributed by atoms with Crippen molar-refractivity contribution in [2.45, 2.75) is 30.7 Å². The SMILES string of the molecule is CNS(=O)(=O)c1cc(-c2nnc(N3C[C@H]4C[C@@H](C3)c3cccc(=O)n3C4)c3ccccc23)ccc1C. The number of nitrogens with one attached hydrogen (secondary N) is 1. The Labute approximate surface area is 209 Å². The summed E-state index contributed by atoms with van der Waals surface area (Å²) in [5, 5.41) is 11.2. The van der Waals surface area contributed by atoms with Gasteiger partial charge in [-0.2, -0.15) is 0 Å². The van der Waals surface area contributed by atoms with Crippen molar-refractivity contribution >= 4 is 26.6 Å². The molecule has 2 aliphatic heterocycles. The van der Waals surface area contributed by atoms with Crippen molar-refractivity contribution in [2.24, 2.45) is 5.92 Å². The standard InChI is InChI=1S/C27H27N5O3S/c1-17-10-11-19(13-24(17)36(34,35)28-2)26-21-6-3-4-7-22(21)27(30-29-26)31-14-18-12-20(16-31)23-8-5-9-25(33)32(23)15-18/h3-11,13,18,20,28H,12,14-16H2,1-2H3/t18-,20+/m1/s1. The molecule has 0 aliphatic carbocycles. The maximum atomic E-state index is 12.6. The summed E-state index contributed by atoms with van der Waals surface area (Å²) in [5.74, 6) is 1.45. The third-order valence-corrected chi connectivity index (χ3v) is 9.02. The van der Waals surface area contributed by atoms with E-state index < -0.39 is 10.0 Å². The van der Waals surface area contributed by atoms with Gasteiger partial charge >= 0.3 is 0 Å². The molecule has 1 saturated heterocycles. The Hall–Kier alpha value is -3.56. The summed E-state index contributed by atoms with van der Waals surface area (Å²) in [4.78, 5) is 14.9. The van der Waals surface area contributed by atoms with E-state index in [2.05, 4.69) is 25.9 Å². The number of hydrogen-bond donors (Lipinski definition) is 1. The molecule has 6 rings (SSSR count). The molecule has 2 aromatic carbocycles. The van der Waals surface area contributed by atoms with Gasteiger partial charge in [-0.3, -0.25) is 4.79 Å². The van der Waals surface area contributed by atoms with Crippen molar-refractivity contribution in [3.8, 4) is 11.3 Å². The van der Waals surface area contributed by atoms with Crippen LogP contribution in [-0.4, -0.2) is 43.3 Å². The van der Waals surface area contributed by atoms with Crippen molar-refractivity contribution in [3.05, 3.63) is 82.3 Å². The summed E-state index contributed by atoms with van der Waals surface area (Å²) in [6, 6.07) is 18.9. The predicted octanol–water partition coefficient (Wildman–Crippen LogP) is 3.30. The molecule has 1 fully saturated rings. The summed E-state index contributed by atoms with van der Waals surface area (Å²) in [7, 11) is -2.19. The zero-order valence-electron chi connectivity index (χ0n) is 20.2. The van der Waals surface area contributed by atoms with E-state index in [0.29, 0.717) is 22.7 Å². The van der Waals surface area contributed by atoms with E-state index in [4.69, 9.17) is 0 Å². The van der Waals surface area contributed by atoms with E-state index >= 15 is 0 Å². The molecule has 0 spiro atoms. The topological polar surface area (TPSA) is 97.2 Å². The number of rotatable bonds is 4. The first kappa shape index (κ1) is 22.9. The average Bonchev–Trinajstić information content (AvgIpc) is 2.89. The lowest BCUT2D eigenvalue weighted by Gasteiger charge is -2.43. The van der Waals surface area contributed by atoms with E-state index in [-0.39, 0.29) is 16.4 Å². The maximum absolute atomic E-state index is 12.6. The number of sulfonamides is 1. The number of aryl methyl sites for hydroxylation is 1. The molecule has 36 heavy (non-hydrogen) atoms. The van der Waals surface area contributed by atoms with Crippen LogP contribution in [0.15, 0.2) is 70.4 Å². The fourth-order valence-corrected chi connectivity index (χ4v) is 6.75. The molecule has 1 N–H and O–H groups in total. The van der Waals surface area contributed by atoms with Crippen molar-refractivity contribution in [1.29, 1.82) is 0 Å². The second-order valence-corrected chi connectivity index (χ2v) is 11.6. The first-order chi connectivity index (χ1) is 17.4. The van der Waals surface area contributed by atoms with Crippen LogP contribution in [0.1, 0.15) is 23.6 Å². The normalized spacial score (nSPS) is 19.3. The molecule has 0 saturated carbocycles. The molecule has 4 aromatic rings. The van der Waals surface area contributed by atoms with E-state index in [0.717, 1.165) is 48.3 Å². The summed E-state index contributed by atoms with van der Waals surface area (Å²) in [6.07, 6.45) is 1.06. The third kappa shape index (κ3) is 3.70. The first-order valence-electron chi connectivity index (χ1n) is 12.1. The van der Waals surface area contributed by atoms with Gasteiger partial charge in [0.15, 0.2) is 5.82 Å². The summed E-state index contributed by atoms with van der Waals surface area (Å²) >= 11 is 0. The van der Waals surface area contributed by atoms with E-state index in [1.54, 1.807) is 25.1 Å². The number of benzene rings is 2. The van der Waals surface area contributed by atoms with Gasteiger partial charge in [-0.1, -0.05) is 42.5 Å². The lowest BCUT2D eigenvalue weighted by atomic mass is 9.83. The molecule has 2 atom stereocenters. The highest BCUT2D eigenvalue weighted by Gasteiger charge is 2.35. The quantitative estimate of drug-likeness (QED) is 0.461. The lowest BCUT2D eigenvalue weighted by molar-refractivity contribution is 0.280. The zero-order valence-corrected chi connectivity index (χ0v) is 21.0. The van der Waals surface area contributed by atoms with Crippen molar-refractivity contribution < 1.29 is 8.42 Å².